The minimum atomic E-state index is -4.59. The van der Waals surface area contributed by atoms with Crippen LogP contribution in [0.3, 0.4) is 0 Å². The highest BCUT2D eigenvalue weighted by Gasteiger charge is 2.35. The maximum absolute atomic E-state index is 12.9. The summed E-state index contributed by atoms with van der Waals surface area (Å²) in [4.78, 5) is 12.5. The van der Waals surface area contributed by atoms with Gasteiger partial charge in [-0.1, -0.05) is 41.9 Å². The third-order valence-corrected chi connectivity index (χ3v) is 4.63. The molecule has 1 aliphatic rings. The van der Waals surface area contributed by atoms with Crippen LogP contribution in [0.1, 0.15) is 45.9 Å². The highest BCUT2D eigenvalue weighted by atomic mass is 35.5. The Labute approximate surface area is 142 Å². The Morgan fingerprint density at radius 2 is 1.88 bits per heavy atom. The first-order valence-corrected chi connectivity index (χ1v) is 8.00. The van der Waals surface area contributed by atoms with Gasteiger partial charge in [-0.3, -0.25) is 4.79 Å². The van der Waals surface area contributed by atoms with Gasteiger partial charge in [-0.2, -0.15) is 13.2 Å². The predicted molar refractivity (Wildman–Crippen MR) is 86.0 cm³/mol. The minimum absolute atomic E-state index is 0.158. The van der Waals surface area contributed by atoms with Crippen LogP contribution >= 0.6 is 11.6 Å². The molecule has 3 rings (SSSR count). The molecule has 1 N–H and O–H groups in total. The van der Waals surface area contributed by atoms with Crippen molar-refractivity contribution in [3.05, 3.63) is 69.7 Å². The highest BCUT2D eigenvalue weighted by molar-refractivity contribution is 6.34. The lowest BCUT2D eigenvalue weighted by atomic mass is 9.87. The van der Waals surface area contributed by atoms with Crippen LogP contribution in [0.15, 0.2) is 42.5 Å². The molecule has 0 aromatic heterocycles. The van der Waals surface area contributed by atoms with E-state index in [0.29, 0.717) is 0 Å². The first kappa shape index (κ1) is 16.8. The summed E-state index contributed by atoms with van der Waals surface area (Å²) in [6.45, 7) is 0. The van der Waals surface area contributed by atoms with Crippen LogP contribution in [-0.4, -0.2) is 5.91 Å². The van der Waals surface area contributed by atoms with Crippen LogP contribution < -0.4 is 5.32 Å². The Bertz CT molecular complexity index is 773. The van der Waals surface area contributed by atoms with Crippen molar-refractivity contribution in [1.29, 1.82) is 0 Å². The third-order valence-electron chi connectivity index (χ3n) is 4.22. The predicted octanol–water partition coefficient (Wildman–Crippen LogP) is 5.17. The Morgan fingerprint density at radius 3 is 2.62 bits per heavy atom. The number of carbonyl (C=O) groups excluding carboxylic acids is 1. The SMILES string of the molecule is O=C(NC1CCCc2ccccc21)c1cccc(C(F)(F)F)c1Cl. The molecule has 1 aliphatic carbocycles. The van der Waals surface area contributed by atoms with Crippen LogP contribution in [0.5, 0.6) is 0 Å². The second kappa shape index (κ2) is 6.48. The third kappa shape index (κ3) is 3.26. The van der Waals surface area contributed by atoms with Gasteiger partial charge in [0.1, 0.15) is 0 Å². The van der Waals surface area contributed by atoms with Gasteiger partial charge in [0.25, 0.3) is 5.91 Å². The molecule has 0 saturated heterocycles. The molecule has 126 valence electrons. The molecular formula is C18H15ClF3NO. The summed E-state index contributed by atoms with van der Waals surface area (Å²) in [6, 6.07) is 10.9. The standard InChI is InChI=1S/C18H15ClF3NO/c19-16-13(8-4-9-14(16)18(20,21)22)17(24)23-15-10-3-6-11-5-1-2-7-12(11)15/h1-2,4-5,7-9,15H,3,6,10H2,(H,23,24). The number of hydrogen-bond donors (Lipinski definition) is 1. The number of benzene rings is 2. The van der Waals surface area contributed by atoms with Crippen molar-refractivity contribution in [2.45, 2.75) is 31.5 Å². The molecule has 0 aliphatic heterocycles. The molecule has 24 heavy (non-hydrogen) atoms. The summed E-state index contributed by atoms with van der Waals surface area (Å²) < 4.78 is 38.8. The number of hydrogen-bond acceptors (Lipinski definition) is 1. The lowest BCUT2D eigenvalue weighted by Gasteiger charge is -2.26. The van der Waals surface area contributed by atoms with Gasteiger partial charge in [0.05, 0.1) is 22.2 Å². The van der Waals surface area contributed by atoms with E-state index in [1.165, 1.54) is 12.1 Å². The van der Waals surface area contributed by atoms with Gasteiger partial charge in [-0.15, -0.1) is 0 Å². The molecule has 0 spiro atoms. The zero-order valence-corrected chi connectivity index (χ0v) is 13.4. The molecule has 2 nitrogen and oxygen atoms in total. The number of carbonyl (C=O) groups is 1. The first-order valence-electron chi connectivity index (χ1n) is 7.62. The van der Waals surface area contributed by atoms with Crippen LogP contribution in [0.25, 0.3) is 0 Å². The normalized spacial score (nSPS) is 17.2. The second-order valence-electron chi connectivity index (χ2n) is 5.78. The summed E-state index contributed by atoms with van der Waals surface area (Å²) >= 11 is 5.83. The van der Waals surface area contributed by atoms with E-state index in [4.69, 9.17) is 11.6 Å². The number of aryl methyl sites for hydroxylation is 1. The van der Waals surface area contributed by atoms with E-state index in [1.807, 2.05) is 24.3 Å². The average molecular weight is 354 g/mol. The molecule has 0 bridgehead atoms. The van der Waals surface area contributed by atoms with Gasteiger partial charge in [-0.05, 0) is 42.5 Å². The summed E-state index contributed by atoms with van der Waals surface area (Å²) in [7, 11) is 0. The van der Waals surface area contributed by atoms with E-state index >= 15 is 0 Å². The van der Waals surface area contributed by atoms with Crippen molar-refractivity contribution in [3.63, 3.8) is 0 Å². The molecule has 0 saturated carbocycles. The fourth-order valence-electron chi connectivity index (χ4n) is 3.07. The monoisotopic (exact) mass is 353 g/mol. The number of halogens is 4. The molecule has 1 amide bonds. The number of alkyl halides is 3. The molecule has 2 aromatic rings. The Kier molecular flexibility index (Phi) is 4.54. The van der Waals surface area contributed by atoms with Crippen molar-refractivity contribution < 1.29 is 18.0 Å². The summed E-state index contributed by atoms with van der Waals surface area (Å²) in [6.07, 6.45) is -1.99. The van der Waals surface area contributed by atoms with Crippen LogP contribution in [-0.2, 0) is 12.6 Å². The quantitative estimate of drug-likeness (QED) is 0.793. The summed E-state index contributed by atoms with van der Waals surface area (Å²) in [5.41, 5.74) is 1.01. The van der Waals surface area contributed by atoms with Gasteiger partial charge in [0.15, 0.2) is 0 Å². The van der Waals surface area contributed by atoms with E-state index < -0.39 is 22.7 Å². The average Bonchev–Trinajstić information content (AvgIpc) is 2.54. The van der Waals surface area contributed by atoms with Crippen LogP contribution in [0.4, 0.5) is 13.2 Å². The largest absolute Gasteiger partial charge is 0.417 e. The Morgan fingerprint density at radius 1 is 1.12 bits per heavy atom. The molecule has 2 aromatic carbocycles. The van der Waals surface area contributed by atoms with Crippen LogP contribution in [0.2, 0.25) is 5.02 Å². The van der Waals surface area contributed by atoms with Crippen LogP contribution in [0, 0.1) is 0 Å². The number of nitrogens with one attached hydrogen (secondary N) is 1. The van der Waals surface area contributed by atoms with Gasteiger partial charge < -0.3 is 5.32 Å². The molecule has 1 unspecified atom stereocenters. The Balaban J connectivity index is 1.87. The maximum Gasteiger partial charge on any atom is 0.417 e. The van der Waals surface area contributed by atoms with Crippen molar-refractivity contribution in [2.75, 3.05) is 0 Å². The van der Waals surface area contributed by atoms with E-state index in [0.717, 1.165) is 36.5 Å². The van der Waals surface area contributed by atoms with Crippen molar-refractivity contribution in [3.8, 4) is 0 Å². The molecule has 1 atom stereocenters. The zero-order valence-electron chi connectivity index (χ0n) is 12.7. The summed E-state index contributed by atoms with van der Waals surface area (Å²) in [5, 5.41) is 2.26. The van der Waals surface area contributed by atoms with Gasteiger partial charge in [0, 0.05) is 0 Å². The molecule has 0 heterocycles. The van der Waals surface area contributed by atoms with Gasteiger partial charge in [-0.25, -0.2) is 0 Å². The van der Waals surface area contributed by atoms with E-state index in [9.17, 15) is 18.0 Å². The lowest BCUT2D eigenvalue weighted by molar-refractivity contribution is -0.137. The van der Waals surface area contributed by atoms with Crippen molar-refractivity contribution in [2.24, 2.45) is 0 Å². The fraction of sp³-hybridized carbons (Fsp3) is 0.278. The van der Waals surface area contributed by atoms with E-state index in [-0.39, 0.29) is 11.6 Å². The second-order valence-corrected chi connectivity index (χ2v) is 6.16. The maximum atomic E-state index is 12.9. The number of amides is 1. The first-order chi connectivity index (χ1) is 11.4. The topological polar surface area (TPSA) is 29.1 Å². The smallest absolute Gasteiger partial charge is 0.345 e. The van der Waals surface area contributed by atoms with E-state index in [1.54, 1.807) is 0 Å². The van der Waals surface area contributed by atoms with Crippen molar-refractivity contribution in [1.82, 2.24) is 5.32 Å². The van der Waals surface area contributed by atoms with E-state index in [2.05, 4.69) is 5.32 Å². The Hall–Kier alpha value is -2.01. The highest BCUT2D eigenvalue weighted by Crippen LogP contribution is 2.36. The molecule has 0 fully saturated rings. The summed E-state index contributed by atoms with van der Waals surface area (Å²) in [5.74, 6) is -0.590. The molecular weight excluding hydrogens is 339 g/mol. The molecule has 6 heteroatoms. The van der Waals surface area contributed by atoms with Crippen molar-refractivity contribution >= 4 is 17.5 Å². The fourth-order valence-corrected chi connectivity index (χ4v) is 3.39. The number of rotatable bonds is 2. The minimum Gasteiger partial charge on any atom is -0.345 e. The zero-order chi connectivity index (χ0) is 17.3. The van der Waals surface area contributed by atoms with Gasteiger partial charge >= 0.3 is 6.18 Å². The number of fused-ring (bicyclic) bond motifs is 1. The lowest BCUT2D eigenvalue weighted by Crippen LogP contribution is -2.31. The molecule has 0 radical (unpaired) electrons. The van der Waals surface area contributed by atoms with Gasteiger partial charge in [0.2, 0.25) is 0 Å².